The summed E-state index contributed by atoms with van der Waals surface area (Å²) in [5.74, 6) is -2.83. The summed E-state index contributed by atoms with van der Waals surface area (Å²) in [6.07, 6.45) is -2.29. The van der Waals surface area contributed by atoms with Gasteiger partial charge in [-0.25, -0.2) is 9.59 Å². The van der Waals surface area contributed by atoms with Crippen LogP contribution in [0.3, 0.4) is 0 Å². The molecule has 0 saturated carbocycles. The summed E-state index contributed by atoms with van der Waals surface area (Å²) in [6.45, 7) is 8.33. The Balaban J connectivity index is 1.66. The van der Waals surface area contributed by atoms with E-state index < -0.39 is 51.9 Å². The first-order valence-electron chi connectivity index (χ1n) is 13.9. The zero-order valence-electron chi connectivity index (χ0n) is 25.6. The van der Waals surface area contributed by atoms with E-state index in [0.717, 1.165) is 0 Å². The maximum atomic E-state index is 13.4. The van der Waals surface area contributed by atoms with Crippen LogP contribution in [0.4, 0.5) is 16.2 Å². The van der Waals surface area contributed by atoms with Gasteiger partial charge in [0, 0.05) is 24.3 Å². The minimum absolute atomic E-state index is 0.00949. The predicted molar refractivity (Wildman–Crippen MR) is 160 cm³/mol. The van der Waals surface area contributed by atoms with Crippen LogP contribution >= 0.6 is 0 Å². The molecular formula is C31H33N3O12. The van der Waals surface area contributed by atoms with Gasteiger partial charge in [-0.15, -0.1) is 0 Å². The van der Waals surface area contributed by atoms with Crippen molar-refractivity contribution < 1.29 is 48.0 Å². The number of carbonyl (C=O) groups is 4. The standard InChI is InChI=1S/C31H33N3O12/c1-18(2)28(30(37)43-5)32-25(14-19(3)15-26(35)44-16-21-6-10-23(11-7-21)33(39)40)27(29(32)36)20(4)46-31(38)45-17-22-8-12-24(13-9-22)34(41)42/h6-13,20,25,27H,3,14-17H2,1-2,4-5H3/t20-,25-,27-/m1/s1. The zero-order chi connectivity index (χ0) is 34.1. The Labute approximate surface area is 263 Å². The number of nitro groups is 2. The number of hydrogen-bond acceptors (Lipinski definition) is 12. The van der Waals surface area contributed by atoms with Crippen LogP contribution in [0.25, 0.3) is 0 Å². The number of nitrogens with zero attached hydrogens (tertiary/aromatic N) is 3. The van der Waals surface area contributed by atoms with E-state index in [1.165, 1.54) is 67.5 Å². The molecule has 1 saturated heterocycles. The van der Waals surface area contributed by atoms with Gasteiger partial charge in [0.05, 0.1) is 35.3 Å². The Morgan fingerprint density at radius 2 is 1.41 bits per heavy atom. The smallest absolute Gasteiger partial charge is 0.464 e. The van der Waals surface area contributed by atoms with Gasteiger partial charge in [0.1, 0.15) is 25.0 Å². The van der Waals surface area contributed by atoms with Crippen LogP contribution in [-0.4, -0.2) is 58.0 Å². The van der Waals surface area contributed by atoms with Crippen LogP contribution < -0.4 is 0 Å². The van der Waals surface area contributed by atoms with E-state index in [1.54, 1.807) is 13.8 Å². The van der Waals surface area contributed by atoms with E-state index in [-0.39, 0.29) is 43.1 Å². The normalized spacial score (nSPS) is 15.9. The van der Waals surface area contributed by atoms with Crippen LogP contribution in [0.15, 0.2) is 72.0 Å². The molecule has 15 nitrogen and oxygen atoms in total. The third kappa shape index (κ3) is 8.74. The van der Waals surface area contributed by atoms with E-state index in [2.05, 4.69) is 6.58 Å². The summed E-state index contributed by atoms with van der Waals surface area (Å²) in [7, 11) is 1.18. The lowest BCUT2D eigenvalue weighted by Gasteiger charge is -2.49. The highest BCUT2D eigenvalue weighted by molar-refractivity contribution is 5.99. The number of benzene rings is 2. The molecule has 0 unspecified atom stereocenters. The van der Waals surface area contributed by atoms with Crippen molar-refractivity contribution in [2.24, 2.45) is 5.92 Å². The number of likely N-dealkylation sites (tertiary alicyclic amines) is 1. The van der Waals surface area contributed by atoms with Crippen LogP contribution in [-0.2, 0) is 46.5 Å². The number of non-ortho nitro benzene ring substituents is 2. The molecule has 0 N–H and O–H groups in total. The number of amides is 1. The zero-order valence-corrected chi connectivity index (χ0v) is 25.6. The van der Waals surface area contributed by atoms with Crippen molar-refractivity contribution in [2.45, 2.75) is 59.0 Å². The fraction of sp³-hybridized carbons (Fsp3) is 0.355. The number of hydrogen-bond donors (Lipinski definition) is 0. The van der Waals surface area contributed by atoms with Crippen molar-refractivity contribution >= 4 is 35.4 Å². The molecule has 1 aliphatic rings. The van der Waals surface area contributed by atoms with Crippen LogP contribution in [0.2, 0.25) is 0 Å². The average Bonchev–Trinajstić information content (AvgIpc) is 3.01. The van der Waals surface area contributed by atoms with E-state index in [1.807, 2.05) is 0 Å². The lowest BCUT2D eigenvalue weighted by Crippen LogP contribution is -2.65. The first-order chi connectivity index (χ1) is 21.7. The second-order valence-electron chi connectivity index (χ2n) is 10.6. The molecule has 2 aromatic rings. The highest BCUT2D eigenvalue weighted by Crippen LogP contribution is 2.39. The molecule has 0 spiro atoms. The first-order valence-corrected chi connectivity index (χ1v) is 13.9. The molecular weight excluding hydrogens is 606 g/mol. The van der Waals surface area contributed by atoms with E-state index in [0.29, 0.717) is 22.3 Å². The fourth-order valence-electron chi connectivity index (χ4n) is 4.83. The second-order valence-corrected chi connectivity index (χ2v) is 10.6. The van der Waals surface area contributed by atoms with Gasteiger partial charge in [-0.3, -0.25) is 29.8 Å². The molecule has 1 amide bonds. The molecule has 0 bridgehead atoms. The van der Waals surface area contributed by atoms with Gasteiger partial charge >= 0.3 is 18.1 Å². The molecule has 0 radical (unpaired) electrons. The number of carbonyl (C=O) groups excluding carboxylic acids is 4. The van der Waals surface area contributed by atoms with E-state index in [9.17, 15) is 39.4 Å². The molecule has 46 heavy (non-hydrogen) atoms. The Morgan fingerprint density at radius 1 is 0.913 bits per heavy atom. The Kier molecular flexibility index (Phi) is 11.7. The molecule has 3 rings (SSSR count). The van der Waals surface area contributed by atoms with Gasteiger partial charge in [0.2, 0.25) is 5.91 Å². The summed E-state index contributed by atoms with van der Waals surface area (Å²) < 4.78 is 20.7. The van der Waals surface area contributed by atoms with Crippen molar-refractivity contribution in [3.05, 3.63) is 103 Å². The van der Waals surface area contributed by atoms with Gasteiger partial charge in [-0.2, -0.15) is 0 Å². The van der Waals surface area contributed by atoms with Gasteiger partial charge < -0.3 is 23.8 Å². The fourth-order valence-corrected chi connectivity index (χ4v) is 4.83. The molecule has 1 heterocycles. The number of β-lactam (4-membered cyclic amide) rings is 1. The van der Waals surface area contributed by atoms with Crippen LogP contribution in [0.5, 0.6) is 0 Å². The number of allylic oxidation sites excluding steroid dienone is 1. The molecule has 0 aliphatic carbocycles. The molecule has 1 fully saturated rings. The Morgan fingerprint density at radius 3 is 1.87 bits per heavy atom. The van der Waals surface area contributed by atoms with Crippen molar-refractivity contribution in [1.82, 2.24) is 4.90 Å². The minimum atomic E-state index is -1.08. The number of methoxy groups -OCH3 is 1. The maximum absolute atomic E-state index is 13.4. The second kappa shape index (κ2) is 15.4. The summed E-state index contributed by atoms with van der Waals surface area (Å²) in [5, 5.41) is 21.7. The van der Waals surface area contributed by atoms with Crippen molar-refractivity contribution in [2.75, 3.05) is 7.11 Å². The topological polar surface area (TPSA) is 195 Å². The summed E-state index contributed by atoms with van der Waals surface area (Å²) in [5.41, 5.74) is 1.66. The minimum Gasteiger partial charge on any atom is -0.464 e. The van der Waals surface area contributed by atoms with Crippen molar-refractivity contribution in [3.63, 3.8) is 0 Å². The molecule has 244 valence electrons. The highest BCUT2D eigenvalue weighted by atomic mass is 16.7. The lowest BCUT2D eigenvalue weighted by atomic mass is 9.78. The van der Waals surface area contributed by atoms with Crippen LogP contribution in [0, 0.1) is 26.1 Å². The molecule has 15 heteroatoms. The molecule has 0 aromatic heterocycles. The number of esters is 2. The number of ether oxygens (including phenoxy) is 4. The maximum Gasteiger partial charge on any atom is 0.508 e. The van der Waals surface area contributed by atoms with Gasteiger partial charge in [-0.05, 0) is 68.2 Å². The molecule has 1 aliphatic heterocycles. The monoisotopic (exact) mass is 639 g/mol. The highest BCUT2D eigenvalue weighted by Gasteiger charge is 2.54. The lowest BCUT2D eigenvalue weighted by molar-refractivity contribution is -0.385. The largest absolute Gasteiger partial charge is 0.508 e. The van der Waals surface area contributed by atoms with E-state index in [4.69, 9.17) is 18.9 Å². The summed E-state index contributed by atoms with van der Waals surface area (Å²) in [4.78, 5) is 72.8. The van der Waals surface area contributed by atoms with Gasteiger partial charge in [0.25, 0.3) is 11.4 Å². The third-order valence-corrected chi connectivity index (χ3v) is 7.09. The number of nitro benzene ring substituents is 2. The Hall–Kier alpha value is -5.60. The van der Waals surface area contributed by atoms with Gasteiger partial charge in [-0.1, -0.05) is 12.2 Å². The van der Waals surface area contributed by atoms with Gasteiger partial charge in [0.15, 0.2) is 0 Å². The first kappa shape index (κ1) is 34.9. The molecule has 2 aromatic carbocycles. The Bertz CT molecular complexity index is 1550. The van der Waals surface area contributed by atoms with Crippen molar-refractivity contribution in [3.8, 4) is 0 Å². The molecule has 3 atom stereocenters. The SMILES string of the molecule is C=C(CC(=O)OCc1ccc([N+](=O)[O-])cc1)C[C@@H]1[C@@H]([C@@H](C)OC(=O)OCc2ccc([N+](=O)[O-])cc2)C(=O)N1C(C(=O)OC)=C(C)C. The number of rotatable bonds is 14. The quantitative estimate of drug-likeness (QED) is 0.0516. The summed E-state index contributed by atoms with van der Waals surface area (Å²) >= 11 is 0. The predicted octanol–water partition coefficient (Wildman–Crippen LogP) is 4.92. The van der Waals surface area contributed by atoms with Crippen LogP contribution in [0.1, 0.15) is 44.7 Å². The van der Waals surface area contributed by atoms with Crippen molar-refractivity contribution in [1.29, 1.82) is 0 Å². The average molecular weight is 640 g/mol. The summed E-state index contributed by atoms with van der Waals surface area (Å²) in [6, 6.07) is 10.2. The third-order valence-electron chi connectivity index (χ3n) is 7.09. The van der Waals surface area contributed by atoms with E-state index >= 15 is 0 Å².